The summed E-state index contributed by atoms with van der Waals surface area (Å²) in [6.45, 7) is 0. The summed E-state index contributed by atoms with van der Waals surface area (Å²) >= 11 is 0. The van der Waals surface area contributed by atoms with Crippen LogP contribution in [0.25, 0.3) is 10.8 Å². The number of hydrogen-bond acceptors (Lipinski definition) is 2. The third-order valence-corrected chi connectivity index (χ3v) is 2.47. The molecule has 15 heavy (non-hydrogen) atoms. The summed E-state index contributed by atoms with van der Waals surface area (Å²) in [7, 11) is 0. The Morgan fingerprint density at radius 2 is 1.80 bits per heavy atom. The van der Waals surface area contributed by atoms with E-state index in [1.165, 1.54) is 5.56 Å². The van der Waals surface area contributed by atoms with Gasteiger partial charge in [-0.05, 0) is 29.6 Å². The van der Waals surface area contributed by atoms with Crippen LogP contribution in [0.2, 0.25) is 0 Å². The Morgan fingerprint density at radius 3 is 2.53 bits per heavy atom. The van der Waals surface area contributed by atoms with Gasteiger partial charge >= 0.3 is 0 Å². The minimum Gasteiger partial charge on any atom is -0.507 e. The Labute approximate surface area is 88.7 Å². The van der Waals surface area contributed by atoms with Gasteiger partial charge in [-0.25, -0.2) is 0 Å². The third-order valence-electron chi connectivity index (χ3n) is 2.47. The minimum atomic E-state index is 0.325. The van der Waals surface area contributed by atoms with E-state index in [-0.39, 0.29) is 0 Å². The van der Waals surface area contributed by atoms with Gasteiger partial charge in [0.2, 0.25) is 0 Å². The molecule has 2 heteroatoms. The van der Waals surface area contributed by atoms with Crippen LogP contribution in [0.5, 0.6) is 5.75 Å². The largest absolute Gasteiger partial charge is 0.507 e. The number of aromatic hydroxyl groups is 1. The molecule has 0 atom stereocenters. The molecule has 0 bridgehead atoms. The molecule has 0 amide bonds. The molecule has 0 heterocycles. The van der Waals surface area contributed by atoms with Crippen molar-refractivity contribution < 1.29 is 5.11 Å². The fourth-order valence-electron chi connectivity index (χ4n) is 1.72. The van der Waals surface area contributed by atoms with E-state index in [9.17, 15) is 5.11 Å². The quantitative estimate of drug-likeness (QED) is 0.780. The summed E-state index contributed by atoms with van der Waals surface area (Å²) in [4.78, 5) is 0. The van der Waals surface area contributed by atoms with E-state index in [1.807, 2.05) is 36.4 Å². The van der Waals surface area contributed by atoms with Gasteiger partial charge in [-0.15, -0.1) is 0 Å². The number of phenolic OH excluding ortho intramolecular Hbond substituents is 1. The predicted molar refractivity (Wildman–Crippen MR) is 62.6 cm³/mol. The normalized spacial score (nSPS) is 11.2. The lowest BCUT2D eigenvalue weighted by Crippen LogP contribution is -1.86. The van der Waals surface area contributed by atoms with Crippen molar-refractivity contribution >= 4 is 10.8 Å². The molecule has 2 nitrogen and oxygen atoms in total. The molecule has 3 N–H and O–H groups in total. The summed E-state index contributed by atoms with van der Waals surface area (Å²) < 4.78 is 0. The van der Waals surface area contributed by atoms with E-state index < -0.39 is 0 Å². The monoisotopic (exact) mass is 199 g/mol. The van der Waals surface area contributed by atoms with E-state index in [2.05, 4.69) is 0 Å². The molecule has 0 spiro atoms. The van der Waals surface area contributed by atoms with Crippen molar-refractivity contribution in [1.29, 1.82) is 0 Å². The van der Waals surface area contributed by atoms with Crippen LogP contribution in [0, 0.1) is 0 Å². The zero-order chi connectivity index (χ0) is 10.7. The fourth-order valence-corrected chi connectivity index (χ4v) is 1.72. The maximum absolute atomic E-state index is 9.68. The number of nitrogens with two attached hydrogens (primary N) is 1. The van der Waals surface area contributed by atoms with Crippen LogP contribution in [0.15, 0.2) is 48.7 Å². The second-order valence-electron chi connectivity index (χ2n) is 3.42. The molecule has 0 aliphatic heterocycles. The van der Waals surface area contributed by atoms with Crippen LogP contribution in [0.1, 0.15) is 5.56 Å². The molecule has 0 fully saturated rings. The highest BCUT2D eigenvalue weighted by Gasteiger charge is 2.02. The topological polar surface area (TPSA) is 46.2 Å². The molecule has 76 valence electrons. The Hall–Kier alpha value is -1.96. The van der Waals surface area contributed by atoms with E-state index >= 15 is 0 Å². The smallest absolute Gasteiger partial charge is 0.123 e. The highest BCUT2D eigenvalue weighted by Crippen LogP contribution is 2.27. The number of benzene rings is 2. The van der Waals surface area contributed by atoms with E-state index in [0.717, 1.165) is 17.2 Å². The van der Waals surface area contributed by atoms with Gasteiger partial charge in [-0.2, -0.15) is 0 Å². The first kappa shape index (κ1) is 9.59. The fraction of sp³-hybridized carbons (Fsp3) is 0.0769. The van der Waals surface area contributed by atoms with E-state index in [4.69, 9.17) is 5.73 Å². The Kier molecular flexibility index (Phi) is 2.59. The average molecular weight is 199 g/mol. The lowest BCUT2D eigenvalue weighted by Gasteiger charge is -2.05. The van der Waals surface area contributed by atoms with Gasteiger partial charge in [-0.3, -0.25) is 0 Å². The number of rotatable bonds is 2. The number of phenols is 1. The molecule has 2 aromatic carbocycles. The van der Waals surface area contributed by atoms with Gasteiger partial charge in [0, 0.05) is 5.39 Å². The van der Waals surface area contributed by atoms with Crippen molar-refractivity contribution in [3.63, 3.8) is 0 Å². The van der Waals surface area contributed by atoms with Crippen LogP contribution in [0.3, 0.4) is 0 Å². The number of fused-ring (bicyclic) bond motifs is 1. The molecule has 0 aliphatic rings. The maximum atomic E-state index is 9.68. The van der Waals surface area contributed by atoms with Gasteiger partial charge in [0.25, 0.3) is 0 Å². The highest BCUT2D eigenvalue weighted by atomic mass is 16.3. The average Bonchev–Trinajstić information content (AvgIpc) is 2.29. The van der Waals surface area contributed by atoms with Crippen LogP contribution >= 0.6 is 0 Å². The highest BCUT2D eigenvalue weighted by molar-refractivity contribution is 5.90. The first-order chi connectivity index (χ1) is 7.33. The number of allylic oxidation sites excluding steroid dienone is 1. The summed E-state index contributed by atoms with van der Waals surface area (Å²) in [5.74, 6) is 0.325. The Morgan fingerprint density at radius 1 is 1.07 bits per heavy atom. The summed E-state index contributed by atoms with van der Waals surface area (Å²) in [6.07, 6.45) is 4.23. The molecule has 0 unspecified atom stereocenters. The van der Waals surface area contributed by atoms with Crippen molar-refractivity contribution in [3.8, 4) is 5.75 Å². The SMILES string of the molecule is NC=CCc1ccc(O)c2ccccc12. The standard InChI is InChI=1S/C13H13NO/c14-9-3-4-10-7-8-13(15)12-6-2-1-5-11(10)12/h1-3,5-9,15H,4,14H2. The van der Waals surface area contributed by atoms with Gasteiger partial charge in [0.05, 0.1) is 0 Å². The first-order valence-electron chi connectivity index (χ1n) is 4.89. The first-order valence-corrected chi connectivity index (χ1v) is 4.89. The van der Waals surface area contributed by atoms with Crippen LogP contribution < -0.4 is 5.73 Å². The molecule has 0 aliphatic carbocycles. The van der Waals surface area contributed by atoms with Crippen molar-refractivity contribution in [2.45, 2.75) is 6.42 Å². The van der Waals surface area contributed by atoms with Crippen molar-refractivity contribution in [2.24, 2.45) is 5.73 Å². The van der Waals surface area contributed by atoms with Crippen LogP contribution in [-0.4, -0.2) is 5.11 Å². The molecule has 2 aromatic rings. The molecule has 0 saturated heterocycles. The Bertz CT molecular complexity index is 503. The number of hydrogen-bond donors (Lipinski definition) is 2. The molecule has 0 saturated carbocycles. The molecular formula is C13H13NO. The van der Waals surface area contributed by atoms with E-state index in [0.29, 0.717) is 5.75 Å². The van der Waals surface area contributed by atoms with Gasteiger partial charge in [0.15, 0.2) is 0 Å². The third kappa shape index (κ3) is 1.79. The maximum Gasteiger partial charge on any atom is 0.123 e. The lowest BCUT2D eigenvalue weighted by atomic mass is 10.0. The second kappa shape index (κ2) is 4.05. The predicted octanol–water partition coefficient (Wildman–Crippen LogP) is 2.56. The molecular weight excluding hydrogens is 186 g/mol. The van der Waals surface area contributed by atoms with E-state index in [1.54, 1.807) is 12.3 Å². The van der Waals surface area contributed by atoms with Crippen molar-refractivity contribution in [2.75, 3.05) is 0 Å². The summed E-state index contributed by atoms with van der Waals surface area (Å²) in [6, 6.07) is 11.5. The Balaban J connectivity index is 2.61. The van der Waals surface area contributed by atoms with Crippen LogP contribution in [0.4, 0.5) is 0 Å². The summed E-state index contributed by atoms with van der Waals surface area (Å²) in [5, 5.41) is 11.6. The molecule has 0 radical (unpaired) electrons. The zero-order valence-corrected chi connectivity index (χ0v) is 8.35. The molecule has 2 rings (SSSR count). The van der Waals surface area contributed by atoms with Gasteiger partial charge in [0.1, 0.15) is 5.75 Å². The summed E-state index contributed by atoms with van der Waals surface area (Å²) in [5.41, 5.74) is 6.49. The van der Waals surface area contributed by atoms with Crippen molar-refractivity contribution in [3.05, 3.63) is 54.2 Å². The van der Waals surface area contributed by atoms with Crippen LogP contribution in [-0.2, 0) is 6.42 Å². The minimum absolute atomic E-state index is 0.325. The van der Waals surface area contributed by atoms with Crippen molar-refractivity contribution in [1.82, 2.24) is 0 Å². The zero-order valence-electron chi connectivity index (χ0n) is 8.35. The van der Waals surface area contributed by atoms with Gasteiger partial charge in [-0.1, -0.05) is 36.4 Å². The van der Waals surface area contributed by atoms with Gasteiger partial charge < -0.3 is 10.8 Å². The second-order valence-corrected chi connectivity index (χ2v) is 3.42. The lowest BCUT2D eigenvalue weighted by molar-refractivity contribution is 0.481. The molecule has 0 aromatic heterocycles.